The minimum atomic E-state index is 0.596. The molecule has 3 nitrogen and oxygen atoms in total. The van der Waals surface area contributed by atoms with E-state index >= 15 is 0 Å². The second-order valence-corrected chi connectivity index (χ2v) is 5.48. The van der Waals surface area contributed by atoms with Crippen LogP contribution in [0, 0.1) is 13.8 Å². The third-order valence-corrected chi connectivity index (χ3v) is 4.05. The van der Waals surface area contributed by atoms with Gasteiger partial charge in [0.05, 0.1) is 17.7 Å². The number of aromatic nitrogens is 1. The lowest BCUT2D eigenvalue weighted by molar-refractivity contribution is 0.918. The van der Waals surface area contributed by atoms with Crippen molar-refractivity contribution < 1.29 is 0 Å². The average molecular weight is 261 g/mol. The fraction of sp³-hybridized carbons (Fsp3) is 0.357. The van der Waals surface area contributed by atoms with E-state index in [1.54, 1.807) is 11.3 Å². The average Bonchev–Trinajstić information content (AvgIpc) is 2.74. The number of benzene rings is 1. The zero-order valence-corrected chi connectivity index (χ0v) is 11.9. The lowest BCUT2D eigenvalue weighted by Gasteiger charge is -2.21. The number of rotatable bonds is 4. The van der Waals surface area contributed by atoms with Crippen molar-refractivity contribution >= 4 is 17.0 Å². The van der Waals surface area contributed by atoms with Gasteiger partial charge in [-0.1, -0.05) is 12.1 Å². The molecule has 0 unspecified atom stereocenters. The SMILES string of the molecule is Cc1cc(CN)ccc1N(C)Cc1scnc1C. The van der Waals surface area contributed by atoms with Crippen LogP contribution < -0.4 is 10.6 Å². The van der Waals surface area contributed by atoms with E-state index in [0.717, 1.165) is 12.2 Å². The zero-order chi connectivity index (χ0) is 13.1. The Bertz CT molecular complexity index is 534. The van der Waals surface area contributed by atoms with Crippen molar-refractivity contribution in [1.29, 1.82) is 0 Å². The normalized spacial score (nSPS) is 10.7. The molecule has 0 aliphatic heterocycles. The molecule has 0 aliphatic carbocycles. The molecule has 0 amide bonds. The molecule has 0 aliphatic rings. The van der Waals surface area contributed by atoms with Gasteiger partial charge < -0.3 is 10.6 Å². The number of thiazole rings is 1. The van der Waals surface area contributed by atoms with Gasteiger partial charge in [0, 0.05) is 24.2 Å². The number of hydrogen-bond donors (Lipinski definition) is 1. The van der Waals surface area contributed by atoms with Crippen LogP contribution in [0.2, 0.25) is 0 Å². The molecule has 0 fully saturated rings. The predicted molar refractivity (Wildman–Crippen MR) is 78.0 cm³/mol. The smallest absolute Gasteiger partial charge is 0.0798 e. The molecule has 0 atom stereocenters. The van der Waals surface area contributed by atoms with Crippen molar-refractivity contribution in [3.63, 3.8) is 0 Å². The lowest BCUT2D eigenvalue weighted by atomic mass is 10.1. The first-order valence-electron chi connectivity index (χ1n) is 6.01. The van der Waals surface area contributed by atoms with Crippen LogP contribution in [0.5, 0.6) is 0 Å². The minimum Gasteiger partial charge on any atom is -0.369 e. The van der Waals surface area contributed by atoms with Gasteiger partial charge in [-0.05, 0) is 31.0 Å². The summed E-state index contributed by atoms with van der Waals surface area (Å²) in [5.41, 5.74) is 12.4. The van der Waals surface area contributed by atoms with Crippen LogP contribution in [-0.4, -0.2) is 12.0 Å². The number of nitrogens with zero attached hydrogens (tertiary/aromatic N) is 2. The van der Waals surface area contributed by atoms with Crippen molar-refractivity contribution in [2.45, 2.75) is 26.9 Å². The van der Waals surface area contributed by atoms with E-state index in [0.29, 0.717) is 6.54 Å². The topological polar surface area (TPSA) is 42.1 Å². The Balaban J connectivity index is 2.19. The molecule has 2 rings (SSSR count). The summed E-state index contributed by atoms with van der Waals surface area (Å²) in [5.74, 6) is 0. The van der Waals surface area contributed by atoms with Crippen molar-refractivity contribution in [2.24, 2.45) is 5.73 Å². The molecular formula is C14H19N3S. The quantitative estimate of drug-likeness (QED) is 0.920. The van der Waals surface area contributed by atoms with Crippen LogP contribution in [-0.2, 0) is 13.1 Å². The molecule has 2 aromatic rings. The van der Waals surface area contributed by atoms with E-state index in [1.165, 1.54) is 21.7 Å². The highest BCUT2D eigenvalue weighted by atomic mass is 32.1. The summed E-state index contributed by atoms with van der Waals surface area (Å²) in [4.78, 5) is 7.87. The molecule has 18 heavy (non-hydrogen) atoms. The van der Waals surface area contributed by atoms with Crippen molar-refractivity contribution in [3.05, 3.63) is 45.4 Å². The summed E-state index contributed by atoms with van der Waals surface area (Å²) < 4.78 is 0. The van der Waals surface area contributed by atoms with E-state index in [4.69, 9.17) is 5.73 Å². The van der Waals surface area contributed by atoms with Gasteiger partial charge in [-0.2, -0.15) is 0 Å². The van der Waals surface area contributed by atoms with Gasteiger partial charge in [-0.3, -0.25) is 0 Å². The molecule has 1 aromatic carbocycles. The molecule has 0 spiro atoms. The number of anilines is 1. The molecular weight excluding hydrogens is 242 g/mol. The van der Waals surface area contributed by atoms with Crippen LogP contribution in [0.4, 0.5) is 5.69 Å². The zero-order valence-electron chi connectivity index (χ0n) is 11.1. The fourth-order valence-corrected chi connectivity index (χ4v) is 2.88. The van der Waals surface area contributed by atoms with Gasteiger partial charge in [-0.25, -0.2) is 4.98 Å². The van der Waals surface area contributed by atoms with Gasteiger partial charge >= 0.3 is 0 Å². The summed E-state index contributed by atoms with van der Waals surface area (Å²) in [6.07, 6.45) is 0. The Morgan fingerprint density at radius 3 is 2.67 bits per heavy atom. The Morgan fingerprint density at radius 2 is 2.11 bits per heavy atom. The van der Waals surface area contributed by atoms with Crippen molar-refractivity contribution in [1.82, 2.24) is 4.98 Å². The molecule has 2 N–H and O–H groups in total. The maximum atomic E-state index is 5.65. The van der Waals surface area contributed by atoms with Crippen LogP contribution in [0.3, 0.4) is 0 Å². The number of aryl methyl sites for hydroxylation is 2. The standard InChI is InChI=1S/C14H19N3S/c1-10-6-12(7-15)4-5-13(10)17(3)8-14-11(2)16-9-18-14/h4-6,9H,7-8,15H2,1-3H3. The molecule has 96 valence electrons. The van der Waals surface area contributed by atoms with Crippen LogP contribution in [0.15, 0.2) is 23.7 Å². The third kappa shape index (κ3) is 2.71. The first-order chi connectivity index (χ1) is 8.61. The summed E-state index contributed by atoms with van der Waals surface area (Å²) in [6.45, 7) is 5.69. The molecule has 4 heteroatoms. The van der Waals surface area contributed by atoms with Gasteiger partial charge in [0.1, 0.15) is 0 Å². The number of nitrogens with two attached hydrogens (primary N) is 1. The van der Waals surface area contributed by atoms with Gasteiger partial charge in [0.25, 0.3) is 0 Å². The maximum Gasteiger partial charge on any atom is 0.0798 e. The minimum absolute atomic E-state index is 0.596. The molecule has 0 bridgehead atoms. The van der Waals surface area contributed by atoms with E-state index in [-0.39, 0.29) is 0 Å². The first kappa shape index (κ1) is 13.1. The third-order valence-electron chi connectivity index (χ3n) is 3.13. The van der Waals surface area contributed by atoms with Crippen LogP contribution >= 0.6 is 11.3 Å². The van der Waals surface area contributed by atoms with Crippen LogP contribution in [0.1, 0.15) is 21.7 Å². The Labute approximate surface area is 112 Å². The van der Waals surface area contributed by atoms with Gasteiger partial charge in [-0.15, -0.1) is 11.3 Å². The number of hydrogen-bond acceptors (Lipinski definition) is 4. The highest BCUT2D eigenvalue weighted by molar-refractivity contribution is 7.09. The van der Waals surface area contributed by atoms with Gasteiger partial charge in [0.15, 0.2) is 0 Å². The summed E-state index contributed by atoms with van der Waals surface area (Å²) in [5, 5.41) is 0. The first-order valence-corrected chi connectivity index (χ1v) is 6.89. The molecule has 1 aromatic heterocycles. The molecule has 0 radical (unpaired) electrons. The summed E-state index contributed by atoms with van der Waals surface area (Å²) in [6, 6.07) is 6.40. The second kappa shape index (κ2) is 5.50. The van der Waals surface area contributed by atoms with E-state index in [9.17, 15) is 0 Å². The molecule has 1 heterocycles. The summed E-state index contributed by atoms with van der Waals surface area (Å²) >= 11 is 1.71. The van der Waals surface area contributed by atoms with E-state index in [1.807, 2.05) is 5.51 Å². The Kier molecular flexibility index (Phi) is 3.99. The van der Waals surface area contributed by atoms with E-state index < -0.39 is 0 Å². The lowest BCUT2D eigenvalue weighted by Crippen LogP contribution is -2.17. The highest BCUT2D eigenvalue weighted by Gasteiger charge is 2.09. The van der Waals surface area contributed by atoms with E-state index in [2.05, 4.69) is 49.0 Å². The Morgan fingerprint density at radius 1 is 1.33 bits per heavy atom. The Hall–Kier alpha value is -1.39. The van der Waals surface area contributed by atoms with Crippen molar-refractivity contribution in [2.75, 3.05) is 11.9 Å². The maximum absolute atomic E-state index is 5.65. The fourth-order valence-electron chi connectivity index (χ4n) is 2.05. The molecule has 0 saturated heterocycles. The van der Waals surface area contributed by atoms with Crippen molar-refractivity contribution in [3.8, 4) is 0 Å². The monoisotopic (exact) mass is 261 g/mol. The molecule has 0 saturated carbocycles. The second-order valence-electron chi connectivity index (χ2n) is 4.54. The largest absolute Gasteiger partial charge is 0.369 e. The highest BCUT2D eigenvalue weighted by Crippen LogP contribution is 2.23. The predicted octanol–water partition coefficient (Wildman–Crippen LogP) is 2.86. The van der Waals surface area contributed by atoms with Gasteiger partial charge in [0.2, 0.25) is 0 Å². The van der Waals surface area contributed by atoms with Crippen LogP contribution in [0.25, 0.3) is 0 Å². The summed E-state index contributed by atoms with van der Waals surface area (Å²) in [7, 11) is 2.11.